The summed E-state index contributed by atoms with van der Waals surface area (Å²) in [6.45, 7) is 1.31. The molecule has 0 aliphatic heterocycles. The third kappa shape index (κ3) is 3.71. The topological polar surface area (TPSA) is 108 Å². The number of carbonyl (C=O) groups excluding carboxylic acids is 3. The van der Waals surface area contributed by atoms with Gasteiger partial charge in [0, 0.05) is 6.07 Å². The molecule has 0 saturated heterocycles. The summed E-state index contributed by atoms with van der Waals surface area (Å²) in [5.41, 5.74) is 5.65. The maximum absolute atomic E-state index is 11.6. The Morgan fingerprint density at radius 1 is 1.15 bits per heavy atom. The van der Waals surface area contributed by atoms with Gasteiger partial charge in [-0.15, -0.1) is 0 Å². The van der Waals surface area contributed by atoms with E-state index < -0.39 is 11.8 Å². The van der Waals surface area contributed by atoms with Crippen LogP contribution in [0.25, 0.3) is 0 Å². The second-order valence-electron chi connectivity index (χ2n) is 4.04. The molecule has 1 aromatic carbocycles. The molecule has 0 saturated carbocycles. The van der Waals surface area contributed by atoms with Crippen molar-refractivity contribution in [1.82, 2.24) is 0 Å². The van der Waals surface area contributed by atoms with Gasteiger partial charge in [0.2, 0.25) is 5.91 Å². The molecule has 0 atom stereocenters. The standard InChI is InChI=1S/C13H16N2O5/c1-7(16)4-12(17)15-9-6-10(19-2)8(13(14)18)5-11(9)20-3/h5-6H,4H2,1-3H3,(H2,14,18)(H,15,17). The van der Waals surface area contributed by atoms with Gasteiger partial charge >= 0.3 is 0 Å². The minimum Gasteiger partial charge on any atom is -0.496 e. The van der Waals surface area contributed by atoms with E-state index in [1.165, 1.54) is 33.3 Å². The van der Waals surface area contributed by atoms with Crippen LogP contribution in [0.15, 0.2) is 12.1 Å². The van der Waals surface area contributed by atoms with Gasteiger partial charge in [-0.05, 0) is 13.0 Å². The lowest BCUT2D eigenvalue weighted by molar-refractivity contribution is -0.124. The number of Topliss-reactive ketones (excluding diaryl/α,β-unsaturated/α-hetero) is 1. The lowest BCUT2D eigenvalue weighted by atomic mass is 10.1. The van der Waals surface area contributed by atoms with Crippen molar-refractivity contribution in [3.8, 4) is 11.5 Å². The lowest BCUT2D eigenvalue weighted by Gasteiger charge is -2.14. The Hall–Kier alpha value is -2.57. The molecule has 0 aliphatic rings. The molecule has 0 aliphatic carbocycles. The average Bonchev–Trinajstić information content (AvgIpc) is 2.36. The van der Waals surface area contributed by atoms with E-state index in [1.807, 2.05) is 0 Å². The summed E-state index contributed by atoms with van der Waals surface area (Å²) in [5.74, 6) is -0.971. The van der Waals surface area contributed by atoms with Gasteiger partial charge < -0.3 is 20.5 Å². The molecule has 0 bridgehead atoms. The van der Waals surface area contributed by atoms with Crippen molar-refractivity contribution in [3.63, 3.8) is 0 Å². The first-order valence-electron chi connectivity index (χ1n) is 5.74. The van der Waals surface area contributed by atoms with Gasteiger partial charge in [-0.2, -0.15) is 0 Å². The van der Waals surface area contributed by atoms with E-state index in [9.17, 15) is 14.4 Å². The van der Waals surface area contributed by atoms with E-state index in [4.69, 9.17) is 15.2 Å². The van der Waals surface area contributed by atoms with Gasteiger partial charge in [0.15, 0.2) is 0 Å². The molecule has 20 heavy (non-hydrogen) atoms. The van der Waals surface area contributed by atoms with Crippen LogP contribution in [-0.4, -0.2) is 31.8 Å². The number of nitrogens with one attached hydrogen (secondary N) is 1. The lowest BCUT2D eigenvalue weighted by Crippen LogP contribution is -2.17. The third-order valence-corrected chi connectivity index (χ3v) is 2.47. The van der Waals surface area contributed by atoms with E-state index in [0.717, 1.165) is 0 Å². The Kier molecular flexibility index (Phi) is 5.08. The number of primary amides is 1. The molecule has 1 rings (SSSR count). The summed E-state index contributed by atoms with van der Waals surface area (Å²) in [7, 11) is 2.75. The van der Waals surface area contributed by atoms with E-state index in [1.54, 1.807) is 0 Å². The molecule has 3 N–H and O–H groups in total. The number of hydrogen-bond donors (Lipinski definition) is 2. The Bertz CT molecular complexity index is 554. The van der Waals surface area contributed by atoms with Crippen LogP contribution >= 0.6 is 0 Å². The number of rotatable bonds is 6. The largest absolute Gasteiger partial charge is 0.496 e. The number of ketones is 1. The number of benzene rings is 1. The van der Waals surface area contributed by atoms with Crippen LogP contribution in [0.1, 0.15) is 23.7 Å². The molecule has 0 spiro atoms. The van der Waals surface area contributed by atoms with Gasteiger partial charge in [0.25, 0.3) is 5.91 Å². The van der Waals surface area contributed by atoms with E-state index in [-0.39, 0.29) is 29.3 Å². The predicted octanol–water partition coefficient (Wildman–Crippen LogP) is 0.720. The van der Waals surface area contributed by atoms with Gasteiger partial charge in [-0.3, -0.25) is 14.4 Å². The second kappa shape index (κ2) is 6.55. The van der Waals surface area contributed by atoms with Crippen LogP contribution in [-0.2, 0) is 9.59 Å². The molecule has 0 aromatic heterocycles. The van der Waals surface area contributed by atoms with Crippen molar-refractivity contribution in [1.29, 1.82) is 0 Å². The van der Waals surface area contributed by atoms with Crippen LogP contribution in [0, 0.1) is 0 Å². The maximum atomic E-state index is 11.6. The fraction of sp³-hybridized carbons (Fsp3) is 0.308. The fourth-order valence-corrected chi connectivity index (χ4v) is 1.61. The Labute approximate surface area is 116 Å². The van der Waals surface area contributed by atoms with Crippen molar-refractivity contribution in [2.45, 2.75) is 13.3 Å². The summed E-state index contributed by atoms with van der Waals surface area (Å²) in [6, 6.07) is 2.78. The molecule has 108 valence electrons. The van der Waals surface area contributed by atoms with Crippen molar-refractivity contribution in [2.24, 2.45) is 5.73 Å². The minimum atomic E-state index is -0.679. The van der Waals surface area contributed by atoms with Gasteiger partial charge in [-0.25, -0.2) is 0 Å². The molecular formula is C13H16N2O5. The first kappa shape index (κ1) is 15.5. The number of ether oxygens (including phenoxy) is 2. The van der Waals surface area contributed by atoms with Crippen LogP contribution in [0.3, 0.4) is 0 Å². The molecule has 0 heterocycles. The van der Waals surface area contributed by atoms with E-state index >= 15 is 0 Å². The van der Waals surface area contributed by atoms with E-state index in [2.05, 4.69) is 5.32 Å². The minimum absolute atomic E-state index is 0.133. The number of anilines is 1. The number of methoxy groups -OCH3 is 2. The Balaban J connectivity index is 3.15. The maximum Gasteiger partial charge on any atom is 0.252 e. The summed E-state index contributed by atoms with van der Waals surface area (Å²) in [5, 5.41) is 2.52. The van der Waals surface area contributed by atoms with E-state index in [0.29, 0.717) is 5.69 Å². The number of nitrogens with two attached hydrogens (primary N) is 1. The number of amides is 2. The molecule has 1 aromatic rings. The van der Waals surface area contributed by atoms with Crippen LogP contribution in [0.2, 0.25) is 0 Å². The highest BCUT2D eigenvalue weighted by Crippen LogP contribution is 2.32. The first-order chi connectivity index (χ1) is 9.38. The zero-order chi connectivity index (χ0) is 15.3. The highest BCUT2D eigenvalue weighted by atomic mass is 16.5. The normalized spacial score (nSPS) is 9.75. The highest BCUT2D eigenvalue weighted by molar-refractivity contribution is 6.05. The average molecular weight is 280 g/mol. The predicted molar refractivity (Wildman–Crippen MR) is 72.0 cm³/mol. The summed E-state index contributed by atoms with van der Waals surface area (Å²) >= 11 is 0. The molecular weight excluding hydrogens is 264 g/mol. The van der Waals surface area contributed by atoms with Gasteiger partial charge in [-0.1, -0.05) is 0 Å². The van der Waals surface area contributed by atoms with Gasteiger partial charge in [0.1, 0.15) is 17.3 Å². The third-order valence-electron chi connectivity index (χ3n) is 2.47. The molecule has 2 amide bonds. The first-order valence-corrected chi connectivity index (χ1v) is 5.74. The van der Waals surface area contributed by atoms with Crippen LogP contribution in [0.4, 0.5) is 5.69 Å². The molecule has 0 fully saturated rings. The molecule has 7 nitrogen and oxygen atoms in total. The molecule has 0 unspecified atom stereocenters. The smallest absolute Gasteiger partial charge is 0.252 e. The fourth-order valence-electron chi connectivity index (χ4n) is 1.61. The SMILES string of the molecule is COc1cc(C(N)=O)c(OC)cc1NC(=O)CC(C)=O. The van der Waals surface area contributed by atoms with Crippen LogP contribution in [0.5, 0.6) is 11.5 Å². The zero-order valence-electron chi connectivity index (χ0n) is 11.5. The van der Waals surface area contributed by atoms with Crippen molar-refractivity contribution < 1.29 is 23.9 Å². The zero-order valence-corrected chi connectivity index (χ0v) is 11.5. The number of carbonyl (C=O) groups is 3. The second-order valence-corrected chi connectivity index (χ2v) is 4.04. The summed E-state index contributed by atoms with van der Waals surface area (Å²) in [6.07, 6.45) is -0.247. The number of hydrogen-bond acceptors (Lipinski definition) is 5. The molecule has 7 heteroatoms. The van der Waals surface area contributed by atoms with Crippen molar-refractivity contribution in [2.75, 3.05) is 19.5 Å². The highest BCUT2D eigenvalue weighted by Gasteiger charge is 2.16. The summed E-state index contributed by atoms with van der Waals surface area (Å²) < 4.78 is 10.1. The Morgan fingerprint density at radius 3 is 2.20 bits per heavy atom. The summed E-state index contributed by atoms with van der Waals surface area (Å²) in [4.78, 5) is 33.8. The Morgan fingerprint density at radius 2 is 1.75 bits per heavy atom. The molecule has 0 radical (unpaired) electrons. The monoisotopic (exact) mass is 280 g/mol. The van der Waals surface area contributed by atoms with Crippen LogP contribution < -0.4 is 20.5 Å². The quantitative estimate of drug-likeness (QED) is 0.746. The van der Waals surface area contributed by atoms with Gasteiger partial charge in [0.05, 0.1) is 31.9 Å². The van der Waals surface area contributed by atoms with Crippen molar-refractivity contribution in [3.05, 3.63) is 17.7 Å². The van der Waals surface area contributed by atoms with Crippen molar-refractivity contribution >= 4 is 23.3 Å².